The third-order valence-electron chi connectivity index (χ3n) is 6.23. The number of halogens is 1. The molecule has 2 aromatic carbocycles. The van der Waals surface area contributed by atoms with Crippen LogP contribution in [-0.4, -0.2) is 43.3 Å². The summed E-state index contributed by atoms with van der Waals surface area (Å²) in [4.78, 5) is 2.95. The summed E-state index contributed by atoms with van der Waals surface area (Å²) in [6.45, 7) is 3.99. The molecule has 0 unspecified atom stereocenters. The Kier molecular flexibility index (Phi) is 6.50. The number of rotatable bonds is 4. The number of aryl methyl sites for hydroxylation is 1. The largest absolute Gasteiger partial charge is 0.296 e. The zero-order valence-corrected chi connectivity index (χ0v) is 18.2. The van der Waals surface area contributed by atoms with Crippen LogP contribution in [0.1, 0.15) is 36.0 Å². The Bertz CT molecular complexity index is 932. The molecule has 0 spiro atoms. The highest BCUT2D eigenvalue weighted by molar-refractivity contribution is 7.89. The first-order valence-electron chi connectivity index (χ1n) is 9.80. The van der Waals surface area contributed by atoms with Gasteiger partial charge in [-0.25, -0.2) is 8.42 Å². The standard InChI is InChI=1S/C22H28N2O2S.ClH/c1-17-6-5-9-22(14-17)27(25,26)23(2)20-10-11-21(15-20)24-13-12-18-7-3-4-8-19(18)16-24;/h3-9,14,20-21H,10-13,15-16H2,1-2H3;1H/t20-,21-;/m0./s1. The normalized spacial score (nSPS) is 22.7. The summed E-state index contributed by atoms with van der Waals surface area (Å²) in [5, 5.41) is 0. The Morgan fingerprint density at radius 2 is 1.79 bits per heavy atom. The van der Waals surface area contributed by atoms with Crippen molar-refractivity contribution in [3.8, 4) is 0 Å². The van der Waals surface area contributed by atoms with E-state index in [4.69, 9.17) is 0 Å². The maximum atomic E-state index is 13.0. The Balaban J connectivity index is 0.00000225. The minimum Gasteiger partial charge on any atom is -0.296 e. The third kappa shape index (κ3) is 4.13. The van der Waals surface area contributed by atoms with Crippen molar-refractivity contribution in [2.24, 2.45) is 0 Å². The summed E-state index contributed by atoms with van der Waals surface area (Å²) in [7, 11) is -1.69. The van der Waals surface area contributed by atoms with E-state index < -0.39 is 10.0 Å². The number of benzene rings is 2. The lowest BCUT2D eigenvalue weighted by Gasteiger charge is -2.34. The second kappa shape index (κ2) is 8.54. The molecule has 2 aromatic rings. The molecule has 0 bridgehead atoms. The van der Waals surface area contributed by atoms with Gasteiger partial charge in [-0.3, -0.25) is 4.90 Å². The van der Waals surface area contributed by atoms with Gasteiger partial charge >= 0.3 is 0 Å². The lowest BCUT2D eigenvalue weighted by Crippen LogP contribution is -2.40. The first-order chi connectivity index (χ1) is 12.9. The monoisotopic (exact) mass is 420 g/mol. The molecule has 1 fully saturated rings. The van der Waals surface area contributed by atoms with Crippen LogP contribution in [-0.2, 0) is 23.0 Å². The summed E-state index contributed by atoms with van der Waals surface area (Å²) < 4.78 is 27.7. The highest BCUT2D eigenvalue weighted by atomic mass is 35.5. The fourth-order valence-electron chi connectivity index (χ4n) is 4.56. The molecule has 4 rings (SSSR count). The molecule has 2 aliphatic rings. The fourth-order valence-corrected chi connectivity index (χ4v) is 6.07. The van der Waals surface area contributed by atoms with Gasteiger partial charge in [-0.1, -0.05) is 36.4 Å². The average molecular weight is 421 g/mol. The van der Waals surface area contributed by atoms with Crippen LogP contribution in [0.4, 0.5) is 0 Å². The van der Waals surface area contributed by atoms with E-state index in [-0.39, 0.29) is 18.4 Å². The maximum Gasteiger partial charge on any atom is 0.243 e. The van der Waals surface area contributed by atoms with E-state index in [0.717, 1.165) is 44.3 Å². The molecule has 28 heavy (non-hydrogen) atoms. The van der Waals surface area contributed by atoms with E-state index in [1.165, 1.54) is 11.1 Å². The average Bonchev–Trinajstić information content (AvgIpc) is 3.17. The lowest BCUT2D eigenvalue weighted by atomic mass is 9.98. The fraction of sp³-hybridized carbons (Fsp3) is 0.455. The van der Waals surface area contributed by atoms with Crippen molar-refractivity contribution in [1.82, 2.24) is 9.21 Å². The molecular formula is C22H29ClN2O2S. The summed E-state index contributed by atoms with van der Waals surface area (Å²) in [6.07, 6.45) is 4.02. The van der Waals surface area contributed by atoms with Gasteiger partial charge in [0.1, 0.15) is 0 Å². The van der Waals surface area contributed by atoms with Crippen molar-refractivity contribution in [3.63, 3.8) is 0 Å². The highest BCUT2D eigenvalue weighted by Gasteiger charge is 2.37. The molecular weight excluding hydrogens is 392 g/mol. The van der Waals surface area contributed by atoms with Gasteiger partial charge in [-0.05, 0) is 61.4 Å². The number of hydrogen-bond acceptors (Lipinski definition) is 3. The van der Waals surface area contributed by atoms with Gasteiger partial charge in [0.25, 0.3) is 0 Å². The Hall–Kier alpha value is -1.40. The van der Waals surface area contributed by atoms with Crippen molar-refractivity contribution in [2.45, 2.75) is 56.1 Å². The van der Waals surface area contributed by atoms with Gasteiger partial charge in [-0.2, -0.15) is 4.31 Å². The molecule has 152 valence electrons. The SMILES string of the molecule is Cc1cccc(S(=O)(=O)N(C)[C@H]2CC[C@H](N3CCc4ccccc4C3)C2)c1.Cl. The first-order valence-corrected chi connectivity index (χ1v) is 11.2. The van der Waals surface area contributed by atoms with E-state index in [9.17, 15) is 8.42 Å². The molecule has 0 N–H and O–H groups in total. The molecule has 0 amide bonds. The molecule has 0 saturated heterocycles. The van der Waals surface area contributed by atoms with E-state index in [1.807, 2.05) is 19.1 Å². The minimum absolute atomic E-state index is 0. The zero-order chi connectivity index (χ0) is 19.0. The second-order valence-electron chi connectivity index (χ2n) is 7.95. The molecule has 2 atom stereocenters. The van der Waals surface area contributed by atoms with Crippen LogP contribution < -0.4 is 0 Å². The number of hydrogen-bond donors (Lipinski definition) is 0. The van der Waals surface area contributed by atoms with Crippen LogP contribution in [0.2, 0.25) is 0 Å². The predicted molar refractivity (Wildman–Crippen MR) is 115 cm³/mol. The smallest absolute Gasteiger partial charge is 0.243 e. The van der Waals surface area contributed by atoms with Gasteiger partial charge in [0, 0.05) is 32.2 Å². The van der Waals surface area contributed by atoms with Gasteiger partial charge in [0.2, 0.25) is 10.0 Å². The number of fused-ring (bicyclic) bond motifs is 1. The van der Waals surface area contributed by atoms with Crippen LogP contribution in [0.3, 0.4) is 0 Å². The Morgan fingerprint density at radius 1 is 1.04 bits per heavy atom. The topological polar surface area (TPSA) is 40.6 Å². The quantitative estimate of drug-likeness (QED) is 0.750. The van der Waals surface area contributed by atoms with Crippen molar-refractivity contribution in [3.05, 3.63) is 65.2 Å². The van der Waals surface area contributed by atoms with E-state index >= 15 is 0 Å². The number of nitrogens with zero attached hydrogens (tertiary/aromatic N) is 2. The Morgan fingerprint density at radius 3 is 2.54 bits per heavy atom. The van der Waals surface area contributed by atoms with Gasteiger partial charge in [0.05, 0.1) is 4.90 Å². The highest BCUT2D eigenvalue weighted by Crippen LogP contribution is 2.33. The summed E-state index contributed by atoms with van der Waals surface area (Å²) in [5.41, 5.74) is 3.86. The molecule has 1 aliphatic heterocycles. The van der Waals surface area contributed by atoms with Crippen LogP contribution in [0.5, 0.6) is 0 Å². The maximum absolute atomic E-state index is 13.0. The summed E-state index contributed by atoms with van der Waals surface area (Å²) in [5.74, 6) is 0. The first kappa shape index (κ1) is 21.3. The number of sulfonamides is 1. The lowest BCUT2D eigenvalue weighted by molar-refractivity contribution is 0.175. The minimum atomic E-state index is -3.43. The molecule has 6 heteroatoms. The molecule has 1 saturated carbocycles. The van der Waals surface area contributed by atoms with Crippen LogP contribution >= 0.6 is 12.4 Å². The van der Waals surface area contributed by atoms with Crippen molar-refractivity contribution in [1.29, 1.82) is 0 Å². The molecule has 0 aromatic heterocycles. The summed E-state index contributed by atoms with van der Waals surface area (Å²) >= 11 is 0. The van der Waals surface area contributed by atoms with Crippen LogP contribution in [0.15, 0.2) is 53.4 Å². The molecule has 1 heterocycles. The zero-order valence-electron chi connectivity index (χ0n) is 16.5. The third-order valence-corrected chi connectivity index (χ3v) is 8.14. The predicted octanol–water partition coefficient (Wildman–Crippen LogP) is 4.02. The summed E-state index contributed by atoms with van der Waals surface area (Å²) in [6, 6.07) is 16.4. The van der Waals surface area contributed by atoms with Crippen molar-refractivity contribution < 1.29 is 8.42 Å². The van der Waals surface area contributed by atoms with Gasteiger partial charge in [-0.15, -0.1) is 12.4 Å². The van der Waals surface area contributed by atoms with E-state index in [1.54, 1.807) is 23.5 Å². The molecule has 0 radical (unpaired) electrons. The van der Waals surface area contributed by atoms with Gasteiger partial charge < -0.3 is 0 Å². The Labute approximate surface area is 175 Å². The van der Waals surface area contributed by atoms with Gasteiger partial charge in [0.15, 0.2) is 0 Å². The van der Waals surface area contributed by atoms with E-state index in [2.05, 4.69) is 29.2 Å². The van der Waals surface area contributed by atoms with Crippen molar-refractivity contribution >= 4 is 22.4 Å². The molecule has 1 aliphatic carbocycles. The second-order valence-corrected chi connectivity index (χ2v) is 9.95. The van der Waals surface area contributed by atoms with Crippen LogP contribution in [0, 0.1) is 6.92 Å². The van der Waals surface area contributed by atoms with E-state index in [0.29, 0.717) is 10.9 Å². The molecule has 4 nitrogen and oxygen atoms in total. The van der Waals surface area contributed by atoms with Crippen LogP contribution in [0.25, 0.3) is 0 Å². The van der Waals surface area contributed by atoms with Crippen molar-refractivity contribution in [2.75, 3.05) is 13.6 Å².